The van der Waals surface area contributed by atoms with E-state index in [0.29, 0.717) is 12.4 Å². The SMILES string of the molecule is C=C1c2cc(-c3ccc(/C(=N/N)NN)cc3)ccc2CN1c1cccc(-c2nncn2C(C)C)n1.CC. The van der Waals surface area contributed by atoms with Crippen LogP contribution in [0.2, 0.25) is 0 Å². The number of benzene rings is 2. The predicted molar refractivity (Wildman–Crippen MR) is 150 cm³/mol. The Morgan fingerprint density at radius 1 is 1.05 bits per heavy atom. The van der Waals surface area contributed by atoms with Crippen molar-refractivity contribution in [2.45, 2.75) is 40.3 Å². The second-order valence-electron chi connectivity index (χ2n) is 8.64. The van der Waals surface area contributed by atoms with E-state index in [4.69, 9.17) is 16.7 Å². The van der Waals surface area contributed by atoms with Crippen molar-refractivity contribution in [3.63, 3.8) is 0 Å². The van der Waals surface area contributed by atoms with E-state index in [9.17, 15) is 0 Å². The fraction of sp³-hybridized carbons (Fsp3) is 0.214. The lowest BCUT2D eigenvalue weighted by atomic mass is 9.99. The second kappa shape index (κ2) is 11.0. The number of nitrogens with two attached hydrogens (primary N) is 2. The van der Waals surface area contributed by atoms with E-state index in [1.165, 1.54) is 5.56 Å². The molecular formula is C28H33N9. The summed E-state index contributed by atoms with van der Waals surface area (Å²) in [6, 6.07) is 20.5. The number of nitrogens with zero attached hydrogens (tertiary/aromatic N) is 6. The molecule has 1 aliphatic rings. The van der Waals surface area contributed by atoms with E-state index >= 15 is 0 Å². The van der Waals surface area contributed by atoms with E-state index in [-0.39, 0.29) is 6.04 Å². The average Bonchev–Trinajstić information content (AvgIpc) is 3.56. The van der Waals surface area contributed by atoms with E-state index in [1.54, 1.807) is 6.33 Å². The minimum atomic E-state index is 0.240. The van der Waals surface area contributed by atoms with Crippen LogP contribution in [0.15, 0.2) is 78.7 Å². The normalized spacial score (nSPS) is 12.9. The Morgan fingerprint density at radius 3 is 2.46 bits per heavy atom. The van der Waals surface area contributed by atoms with Crippen LogP contribution in [-0.2, 0) is 6.54 Å². The van der Waals surface area contributed by atoms with Crippen molar-refractivity contribution < 1.29 is 0 Å². The molecule has 4 aromatic rings. The molecule has 5 N–H and O–H groups in total. The van der Waals surface area contributed by atoms with Gasteiger partial charge in [-0.3, -0.25) is 0 Å². The molecule has 9 nitrogen and oxygen atoms in total. The van der Waals surface area contributed by atoms with Gasteiger partial charge >= 0.3 is 0 Å². The average molecular weight is 496 g/mol. The summed E-state index contributed by atoms with van der Waals surface area (Å²) in [7, 11) is 0. The van der Waals surface area contributed by atoms with Gasteiger partial charge in [0.1, 0.15) is 17.8 Å². The van der Waals surface area contributed by atoms with Crippen LogP contribution >= 0.6 is 0 Å². The number of amidine groups is 1. The fourth-order valence-corrected chi connectivity index (χ4v) is 4.31. The standard InChI is InChI=1S/C26H27N9.C2H6/c1-16(2)35-15-29-33-26(35)23-5-4-6-24(30-23)34-14-21-12-11-20(13-22(21)17(34)3)18-7-9-19(10-8-18)25(31-27)32-28;1-2/h4-13,15-16H,3,14,27-28H2,1-2H3,(H,31,32);1-2H3. The van der Waals surface area contributed by atoms with Crippen LogP contribution in [0.25, 0.3) is 28.3 Å². The molecule has 0 radical (unpaired) electrons. The molecule has 2 aromatic carbocycles. The predicted octanol–water partition coefficient (Wildman–Crippen LogP) is 4.69. The third-order valence-electron chi connectivity index (χ3n) is 6.20. The zero-order chi connectivity index (χ0) is 26.5. The summed E-state index contributed by atoms with van der Waals surface area (Å²) in [5.41, 5.74) is 9.50. The number of aromatic nitrogens is 4. The maximum Gasteiger partial charge on any atom is 0.182 e. The number of hydrogen-bond donors (Lipinski definition) is 3. The van der Waals surface area contributed by atoms with Gasteiger partial charge in [-0.25, -0.2) is 10.8 Å². The Kier molecular flexibility index (Phi) is 7.64. The first-order valence-corrected chi connectivity index (χ1v) is 12.3. The van der Waals surface area contributed by atoms with Crippen molar-refractivity contribution in [3.8, 4) is 22.6 Å². The van der Waals surface area contributed by atoms with E-state index in [2.05, 4.69) is 64.2 Å². The number of nitrogens with one attached hydrogen (secondary N) is 1. The van der Waals surface area contributed by atoms with E-state index in [0.717, 1.165) is 45.3 Å². The summed E-state index contributed by atoms with van der Waals surface area (Å²) in [5.74, 6) is 12.9. The molecule has 2 aromatic heterocycles. The molecule has 0 unspecified atom stereocenters. The number of fused-ring (bicyclic) bond motifs is 1. The van der Waals surface area contributed by atoms with Gasteiger partial charge in [-0.05, 0) is 48.7 Å². The molecule has 0 aliphatic carbocycles. The van der Waals surface area contributed by atoms with Crippen LogP contribution in [-0.4, -0.2) is 25.6 Å². The lowest BCUT2D eigenvalue weighted by molar-refractivity contribution is 0.603. The third-order valence-corrected chi connectivity index (χ3v) is 6.20. The summed E-state index contributed by atoms with van der Waals surface area (Å²) in [6.07, 6.45) is 1.74. The Hall–Kier alpha value is -4.50. The molecule has 1 aliphatic heterocycles. The number of hydrogen-bond acceptors (Lipinski definition) is 7. The highest BCUT2D eigenvalue weighted by Gasteiger charge is 2.25. The Balaban J connectivity index is 0.00000156. The first-order valence-electron chi connectivity index (χ1n) is 12.3. The molecule has 9 heteroatoms. The van der Waals surface area contributed by atoms with Crippen LogP contribution in [0.4, 0.5) is 5.82 Å². The highest BCUT2D eigenvalue weighted by molar-refractivity contribution is 5.98. The van der Waals surface area contributed by atoms with Gasteiger partial charge in [-0.1, -0.05) is 62.9 Å². The van der Waals surface area contributed by atoms with Gasteiger partial charge < -0.3 is 20.7 Å². The van der Waals surface area contributed by atoms with Crippen molar-refractivity contribution in [1.29, 1.82) is 0 Å². The molecule has 0 fully saturated rings. The quantitative estimate of drug-likeness (QED) is 0.159. The summed E-state index contributed by atoms with van der Waals surface area (Å²) in [4.78, 5) is 7.03. The van der Waals surface area contributed by atoms with Crippen molar-refractivity contribution in [1.82, 2.24) is 25.2 Å². The summed E-state index contributed by atoms with van der Waals surface area (Å²) < 4.78 is 2.02. The van der Waals surface area contributed by atoms with Gasteiger partial charge in [0.15, 0.2) is 11.7 Å². The van der Waals surface area contributed by atoms with Crippen LogP contribution in [0, 0.1) is 0 Å². The molecule has 0 saturated heterocycles. The van der Waals surface area contributed by atoms with Gasteiger partial charge in [0.2, 0.25) is 0 Å². The summed E-state index contributed by atoms with van der Waals surface area (Å²) in [6.45, 7) is 13.3. The van der Waals surface area contributed by atoms with Gasteiger partial charge in [-0.15, -0.1) is 10.2 Å². The van der Waals surface area contributed by atoms with Crippen LogP contribution in [0.5, 0.6) is 0 Å². The molecule has 0 amide bonds. The van der Waals surface area contributed by atoms with Gasteiger partial charge in [0, 0.05) is 22.9 Å². The van der Waals surface area contributed by atoms with E-state index < -0.39 is 0 Å². The topological polar surface area (TPSA) is 123 Å². The molecule has 0 bridgehead atoms. The fourth-order valence-electron chi connectivity index (χ4n) is 4.31. The molecule has 37 heavy (non-hydrogen) atoms. The lowest BCUT2D eigenvalue weighted by Gasteiger charge is -2.19. The zero-order valence-electron chi connectivity index (χ0n) is 21.7. The van der Waals surface area contributed by atoms with Crippen molar-refractivity contribution in [3.05, 3.63) is 90.3 Å². The maximum atomic E-state index is 5.47. The zero-order valence-corrected chi connectivity index (χ0v) is 21.7. The van der Waals surface area contributed by atoms with Crippen molar-refractivity contribution in [2.24, 2.45) is 16.8 Å². The highest BCUT2D eigenvalue weighted by Crippen LogP contribution is 2.37. The molecule has 190 valence electrons. The smallest absolute Gasteiger partial charge is 0.182 e. The number of hydrazone groups is 1. The monoisotopic (exact) mass is 495 g/mol. The number of hydrazine groups is 1. The Labute approximate surface area is 217 Å². The second-order valence-corrected chi connectivity index (χ2v) is 8.64. The van der Waals surface area contributed by atoms with Crippen LogP contribution in [0.1, 0.15) is 50.4 Å². The minimum Gasteiger partial charge on any atom is -0.322 e. The molecule has 5 rings (SSSR count). The minimum absolute atomic E-state index is 0.240. The Bertz CT molecular complexity index is 1420. The number of rotatable bonds is 5. The maximum absolute atomic E-state index is 5.47. The molecule has 0 saturated carbocycles. The van der Waals surface area contributed by atoms with Crippen molar-refractivity contribution in [2.75, 3.05) is 4.90 Å². The molecular weight excluding hydrogens is 462 g/mol. The first kappa shape index (κ1) is 25.6. The van der Waals surface area contributed by atoms with E-state index in [1.807, 2.05) is 60.9 Å². The van der Waals surface area contributed by atoms with Crippen molar-refractivity contribution >= 4 is 17.4 Å². The third kappa shape index (κ3) is 4.94. The lowest BCUT2D eigenvalue weighted by Crippen LogP contribution is -2.31. The van der Waals surface area contributed by atoms with Gasteiger partial charge in [0.25, 0.3) is 0 Å². The number of pyridine rings is 1. The summed E-state index contributed by atoms with van der Waals surface area (Å²) >= 11 is 0. The first-order chi connectivity index (χ1) is 18.0. The summed E-state index contributed by atoms with van der Waals surface area (Å²) in [5, 5.41) is 12.0. The van der Waals surface area contributed by atoms with Gasteiger partial charge in [-0.2, -0.15) is 5.10 Å². The Morgan fingerprint density at radius 2 is 1.78 bits per heavy atom. The van der Waals surface area contributed by atoms with Crippen LogP contribution < -0.4 is 22.0 Å². The molecule has 0 spiro atoms. The number of anilines is 1. The largest absolute Gasteiger partial charge is 0.322 e. The molecule has 3 heterocycles. The highest BCUT2D eigenvalue weighted by atomic mass is 15.3. The van der Waals surface area contributed by atoms with Gasteiger partial charge in [0.05, 0.1) is 6.54 Å². The van der Waals surface area contributed by atoms with Crippen LogP contribution in [0.3, 0.4) is 0 Å². The molecule has 0 atom stereocenters.